The topological polar surface area (TPSA) is 77.2 Å². The average molecular weight is 390 g/mol. The van der Waals surface area contributed by atoms with Gasteiger partial charge in [0.1, 0.15) is 11.6 Å². The van der Waals surface area contributed by atoms with Crippen LogP contribution in [0.4, 0.5) is 4.39 Å². The Bertz CT molecular complexity index is 944. The number of aryl methyl sites for hydroxylation is 1. The summed E-state index contributed by atoms with van der Waals surface area (Å²) < 4.78 is 23.7. The molecule has 1 N–H and O–H groups in total. The minimum Gasteiger partial charge on any atom is -0.485 e. The summed E-state index contributed by atoms with van der Waals surface area (Å²) in [6, 6.07) is 10.7. The van der Waals surface area contributed by atoms with E-state index in [-0.39, 0.29) is 23.6 Å². The summed E-state index contributed by atoms with van der Waals surface area (Å²) in [6.45, 7) is 3.67. The summed E-state index contributed by atoms with van der Waals surface area (Å²) in [6.07, 6.45) is 0. The van der Waals surface area contributed by atoms with Crippen LogP contribution in [0.1, 0.15) is 40.6 Å². The van der Waals surface area contributed by atoms with Gasteiger partial charge in [-0.25, -0.2) is 4.39 Å². The summed E-state index contributed by atoms with van der Waals surface area (Å²) in [4.78, 5) is 16.4. The van der Waals surface area contributed by atoms with Crippen LogP contribution in [0.5, 0.6) is 5.75 Å². The molecule has 1 unspecified atom stereocenters. The molecular weight excluding hydrogens is 373 g/mol. The third-order valence-electron chi connectivity index (χ3n) is 3.85. The Morgan fingerprint density at radius 1 is 1.30 bits per heavy atom. The Balaban J connectivity index is 1.58. The van der Waals surface area contributed by atoms with E-state index in [0.717, 1.165) is 0 Å². The fourth-order valence-electron chi connectivity index (χ4n) is 2.40. The first-order valence-electron chi connectivity index (χ1n) is 8.20. The van der Waals surface area contributed by atoms with Crippen LogP contribution in [-0.2, 0) is 6.61 Å². The maximum atomic E-state index is 13.3. The Hall–Kier alpha value is -2.93. The molecule has 1 atom stereocenters. The van der Waals surface area contributed by atoms with E-state index in [2.05, 4.69) is 15.5 Å². The number of amides is 1. The molecule has 0 spiro atoms. The quantitative estimate of drug-likeness (QED) is 0.682. The summed E-state index contributed by atoms with van der Waals surface area (Å²) in [5.41, 5.74) is 1.18. The number of carbonyl (C=O) groups is 1. The summed E-state index contributed by atoms with van der Waals surface area (Å²) in [5.74, 6) is 0.736. The first kappa shape index (κ1) is 18.8. The van der Waals surface area contributed by atoms with Gasteiger partial charge in [-0.05, 0) is 48.9 Å². The molecule has 1 aromatic heterocycles. The van der Waals surface area contributed by atoms with E-state index >= 15 is 0 Å². The minimum atomic E-state index is -0.495. The van der Waals surface area contributed by atoms with Crippen LogP contribution >= 0.6 is 11.6 Å². The zero-order valence-corrected chi connectivity index (χ0v) is 15.5. The number of hydrogen-bond acceptors (Lipinski definition) is 5. The summed E-state index contributed by atoms with van der Waals surface area (Å²) in [5, 5.41) is 6.61. The van der Waals surface area contributed by atoms with E-state index in [1.807, 2.05) is 0 Å². The van der Waals surface area contributed by atoms with Crippen molar-refractivity contribution >= 4 is 17.5 Å². The average Bonchev–Trinajstić information content (AvgIpc) is 3.08. The molecule has 0 radical (unpaired) electrons. The van der Waals surface area contributed by atoms with Gasteiger partial charge < -0.3 is 14.6 Å². The lowest BCUT2D eigenvalue weighted by Gasteiger charge is -2.15. The molecule has 6 nitrogen and oxygen atoms in total. The van der Waals surface area contributed by atoms with Crippen LogP contribution in [0.2, 0.25) is 5.02 Å². The zero-order valence-electron chi connectivity index (χ0n) is 14.7. The van der Waals surface area contributed by atoms with Crippen LogP contribution < -0.4 is 10.1 Å². The van der Waals surface area contributed by atoms with Gasteiger partial charge >= 0.3 is 0 Å². The molecule has 1 amide bonds. The van der Waals surface area contributed by atoms with Gasteiger partial charge in [0.25, 0.3) is 5.91 Å². The van der Waals surface area contributed by atoms with Crippen LogP contribution in [-0.4, -0.2) is 16.0 Å². The number of benzene rings is 2. The molecular formula is C19H17ClFN3O3. The second-order valence-corrected chi connectivity index (χ2v) is 6.32. The number of aromatic nitrogens is 2. The number of carbonyl (C=O) groups excluding carboxylic acids is 1. The van der Waals surface area contributed by atoms with Crippen LogP contribution in [0.3, 0.4) is 0 Å². The van der Waals surface area contributed by atoms with E-state index in [4.69, 9.17) is 20.9 Å². The lowest BCUT2D eigenvalue weighted by Crippen LogP contribution is -2.26. The number of halogens is 2. The van der Waals surface area contributed by atoms with Crippen molar-refractivity contribution in [1.82, 2.24) is 15.5 Å². The maximum absolute atomic E-state index is 13.3. The number of nitrogens with one attached hydrogen (secondary N) is 1. The molecule has 0 aliphatic rings. The van der Waals surface area contributed by atoms with E-state index in [1.165, 1.54) is 12.1 Å². The molecule has 27 heavy (non-hydrogen) atoms. The Kier molecular flexibility index (Phi) is 5.71. The van der Waals surface area contributed by atoms with Gasteiger partial charge in [0.15, 0.2) is 6.61 Å². The lowest BCUT2D eigenvalue weighted by atomic mass is 10.1. The highest BCUT2D eigenvalue weighted by Crippen LogP contribution is 2.21. The number of hydrogen-bond donors (Lipinski definition) is 1. The SMILES string of the molecule is Cc1nc(COc2ccc(C(=O)NC(C)c3ccc(F)c(Cl)c3)cc2)no1. The molecule has 1 heterocycles. The highest BCUT2D eigenvalue weighted by Gasteiger charge is 2.13. The predicted molar refractivity (Wildman–Crippen MR) is 97.1 cm³/mol. The maximum Gasteiger partial charge on any atom is 0.251 e. The number of nitrogens with zero attached hydrogens (tertiary/aromatic N) is 2. The zero-order chi connectivity index (χ0) is 19.4. The van der Waals surface area contributed by atoms with Crippen molar-refractivity contribution in [3.8, 4) is 5.75 Å². The molecule has 0 saturated heterocycles. The monoisotopic (exact) mass is 389 g/mol. The molecule has 0 fully saturated rings. The van der Waals surface area contributed by atoms with Crippen molar-refractivity contribution in [1.29, 1.82) is 0 Å². The van der Waals surface area contributed by atoms with Gasteiger partial charge in [0.05, 0.1) is 11.1 Å². The van der Waals surface area contributed by atoms with Crippen molar-refractivity contribution in [2.24, 2.45) is 0 Å². The third kappa shape index (κ3) is 4.83. The number of ether oxygens (including phenoxy) is 1. The Morgan fingerprint density at radius 3 is 2.67 bits per heavy atom. The van der Waals surface area contributed by atoms with Crippen molar-refractivity contribution in [3.63, 3.8) is 0 Å². The summed E-state index contributed by atoms with van der Waals surface area (Å²) in [7, 11) is 0. The van der Waals surface area contributed by atoms with Crippen LogP contribution in [0.15, 0.2) is 47.0 Å². The van der Waals surface area contributed by atoms with Crippen LogP contribution in [0, 0.1) is 12.7 Å². The van der Waals surface area contributed by atoms with E-state index in [1.54, 1.807) is 44.2 Å². The van der Waals surface area contributed by atoms with Crippen molar-refractivity contribution in [2.75, 3.05) is 0 Å². The smallest absolute Gasteiger partial charge is 0.251 e. The second-order valence-electron chi connectivity index (χ2n) is 5.91. The van der Waals surface area contributed by atoms with E-state index in [9.17, 15) is 9.18 Å². The van der Waals surface area contributed by atoms with E-state index < -0.39 is 5.82 Å². The van der Waals surface area contributed by atoms with Gasteiger partial charge in [-0.3, -0.25) is 4.79 Å². The highest BCUT2D eigenvalue weighted by molar-refractivity contribution is 6.30. The van der Waals surface area contributed by atoms with Crippen molar-refractivity contribution in [3.05, 3.63) is 76.1 Å². The molecule has 0 saturated carbocycles. The highest BCUT2D eigenvalue weighted by atomic mass is 35.5. The molecule has 8 heteroatoms. The molecule has 3 rings (SSSR count). The second kappa shape index (κ2) is 8.18. The Labute approximate surface area is 160 Å². The Morgan fingerprint density at radius 2 is 2.04 bits per heavy atom. The largest absolute Gasteiger partial charge is 0.485 e. The molecule has 0 aliphatic carbocycles. The first-order valence-corrected chi connectivity index (χ1v) is 8.58. The molecule has 0 bridgehead atoms. The molecule has 140 valence electrons. The lowest BCUT2D eigenvalue weighted by molar-refractivity contribution is 0.0940. The molecule has 0 aliphatic heterocycles. The third-order valence-corrected chi connectivity index (χ3v) is 4.13. The normalized spacial score (nSPS) is 11.9. The first-order chi connectivity index (χ1) is 12.9. The van der Waals surface area contributed by atoms with Crippen molar-refractivity contribution < 1.29 is 18.4 Å². The van der Waals surface area contributed by atoms with Gasteiger partial charge in [0, 0.05) is 12.5 Å². The fourth-order valence-corrected chi connectivity index (χ4v) is 2.58. The van der Waals surface area contributed by atoms with Crippen molar-refractivity contribution in [2.45, 2.75) is 26.5 Å². The van der Waals surface area contributed by atoms with Crippen LogP contribution in [0.25, 0.3) is 0 Å². The molecule has 3 aromatic rings. The van der Waals surface area contributed by atoms with Gasteiger partial charge in [-0.1, -0.05) is 22.8 Å². The predicted octanol–water partition coefficient (Wildman–Crippen LogP) is 4.24. The minimum absolute atomic E-state index is 0.0203. The van der Waals surface area contributed by atoms with Gasteiger partial charge in [-0.15, -0.1) is 0 Å². The van der Waals surface area contributed by atoms with E-state index in [0.29, 0.717) is 28.6 Å². The van der Waals surface area contributed by atoms with Gasteiger partial charge in [-0.2, -0.15) is 4.98 Å². The standard InChI is InChI=1S/C19H17ClFN3O3/c1-11(14-5-8-17(21)16(20)9-14)22-19(25)13-3-6-15(7-4-13)26-10-18-23-12(2)27-24-18/h3-9,11H,10H2,1-2H3,(H,22,25). The fraction of sp³-hybridized carbons (Fsp3) is 0.211. The summed E-state index contributed by atoms with van der Waals surface area (Å²) >= 11 is 5.79. The number of rotatable bonds is 6. The van der Waals surface area contributed by atoms with Gasteiger partial charge in [0.2, 0.25) is 11.7 Å². The molecule has 2 aromatic carbocycles.